The monoisotopic (exact) mass is 201 g/mol. The van der Waals surface area contributed by atoms with Crippen LogP contribution in [0, 0.1) is 5.41 Å². The van der Waals surface area contributed by atoms with E-state index in [1.165, 1.54) is 19.4 Å². The molecule has 0 amide bonds. The van der Waals surface area contributed by atoms with Crippen molar-refractivity contribution in [3.8, 4) is 0 Å². The smallest absolute Gasteiger partial charge is 0.0646 e. The Morgan fingerprint density at radius 1 is 1.36 bits per heavy atom. The van der Waals surface area contributed by atoms with E-state index in [4.69, 9.17) is 4.74 Å². The predicted octanol–water partition coefficient (Wildman–Crippen LogP) is 2.78. The second-order valence-corrected chi connectivity index (χ2v) is 4.95. The van der Waals surface area contributed by atoms with E-state index in [9.17, 15) is 0 Å². The maximum Gasteiger partial charge on any atom is 0.0646 e. The van der Waals surface area contributed by atoms with E-state index >= 15 is 0 Å². The molecule has 0 bridgehead atoms. The molecule has 0 aliphatic carbocycles. The van der Waals surface area contributed by atoms with Gasteiger partial charge in [-0.3, -0.25) is 0 Å². The van der Waals surface area contributed by atoms with Crippen LogP contribution in [0.25, 0.3) is 0 Å². The van der Waals surface area contributed by atoms with Gasteiger partial charge >= 0.3 is 0 Å². The number of nitrogens with zero attached hydrogens (tertiary/aromatic N) is 1. The Morgan fingerprint density at radius 2 is 1.86 bits per heavy atom. The fraction of sp³-hybridized carbons (Fsp3) is 1.00. The molecular formula is C12H27NO. The highest BCUT2D eigenvalue weighted by Crippen LogP contribution is 2.30. The van der Waals surface area contributed by atoms with E-state index in [1.54, 1.807) is 0 Å². The first-order valence-electron chi connectivity index (χ1n) is 5.69. The maximum absolute atomic E-state index is 5.43. The molecule has 1 atom stereocenters. The Labute approximate surface area is 89.6 Å². The van der Waals surface area contributed by atoms with Gasteiger partial charge in [-0.15, -0.1) is 0 Å². The van der Waals surface area contributed by atoms with E-state index in [-0.39, 0.29) is 0 Å². The summed E-state index contributed by atoms with van der Waals surface area (Å²) in [4.78, 5) is 2.37. The molecule has 0 saturated carbocycles. The lowest BCUT2D eigenvalue weighted by molar-refractivity contribution is -0.0449. The van der Waals surface area contributed by atoms with Crippen LogP contribution >= 0.6 is 0 Å². The van der Waals surface area contributed by atoms with Crippen molar-refractivity contribution in [2.24, 2.45) is 5.41 Å². The van der Waals surface area contributed by atoms with Crippen LogP contribution in [0.5, 0.6) is 0 Å². The molecule has 1 aliphatic rings. The van der Waals surface area contributed by atoms with Crippen molar-refractivity contribution in [3.05, 3.63) is 0 Å². The average Bonchev–Trinajstić information content (AvgIpc) is 2.03. The average molecular weight is 201 g/mol. The zero-order valence-electron chi connectivity index (χ0n) is 10.8. The summed E-state index contributed by atoms with van der Waals surface area (Å²) in [6.07, 6.45) is 2.86. The summed E-state index contributed by atoms with van der Waals surface area (Å²) in [6, 6.07) is 0. The van der Waals surface area contributed by atoms with Gasteiger partial charge in [0.05, 0.1) is 6.10 Å². The predicted molar refractivity (Wildman–Crippen MR) is 62.7 cm³/mol. The minimum absolute atomic E-state index is 0.321. The van der Waals surface area contributed by atoms with E-state index in [0.29, 0.717) is 11.5 Å². The van der Waals surface area contributed by atoms with Crippen molar-refractivity contribution in [2.45, 2.75) is 46.6 Å². The van der Waals surface area contributed by atoms with Crippen LogP contribution in [0.3, 0.4) is 0 Å². The molecule has 1 rings (SSSR count). The van der Waals surface area contributed by atoms with Crippen LogP contribution in [0.1, 0.15) is 40.5 Å². The Hall–Kier alpha value is -0.0800. The first-order valence-corrected chi connectivity index (χ1v) is 5.69. The summed E-state index contributed by atoms with van der Waals surface area (Å²) >= 11 is 0. The topological polar surface area (TPSA) is 12.5 Å². The molecule has 0 radical (unpaired) electrons. The first-order chi connectivity index (χ1) is 6.47. The Bertz CT molecular complexity index is 145. The van der Waals surface area contributed by atoms with Gasteiger partial charge in [-0.1, -0.05) is 34.1 Å². The zero-order chi connectivity index (χ0) is 11.2. The van der Waals surface area contributed by atoms with Gasteiger partial charge in [-0.05, 0) is 13.5 Å². The molecule has 1 saturated heterocycles. The molecule has 2 heteroatoms. The first kappa shape index (κ1) is 13.9. The zero-order valence-corrected chi connectivity index (χ0v) is 10.8. The van der Waals surface area contributed by atoms with Gasteiger partial charge in [-0.2, -0.15) is 0 Å². The molecule has 0 N–H and O–H groups in total. The molecule has 1 aliphatic heterocycles. The molecule has 1 unspecified atom stereocenters. The lowest BCUT2D eigenvalue weighted by Crippen LogP contribution is -2.47. The lowest BCUT2D eigenvalue weighted by Gasteiger charge is -2.41. The molecule has 1 fully saturated rings. The molecule has 0 spiro atoms. The normalized spacial score (nSPS) is 26.6. The Balaban J connectivity index is 0.000000500. The largest absolute Gasteiger partial charge is 0.381 e. The summed E-state index contributed by atoms with van der Waals surface area (Å²) in [5, 5.41) is 0. The standard InChI is InChI=1S/C9H19NO.C3H8/c1-9(2)7-10(3)6-5-8(9)11-4;1-3-2/h8H,5-7H2,1-4H3;3H2,1-2H3. The summed E-state index contributed by atoms with van der Waals surface area (Å²) in [6.45, 7) is 11.1. The molecule has 0 aromatic rings. The molecule has 0 aromatic heterocycles. The quantitative estimate of drug-likeness (QED) is 0.647. The van der Waals surface area contributed by atoms with Crippen molar-refractivity contribution in [1.29, 1.82) is 0 Å². The van der Waals surface area contributed by atoms with E-state index in [0.717, 1.165) is 6.54 Å². The summed E-state index contributed by atoms with van der Waals surface area (Å²) in [7, 11) is 3.99. The molecular weight excluding hydrogens is 174 g/mol. The van der Waals surface area contributed by atoms with Crippen molar-refractivity contribution in [1.82, 2.24) is 4.90 Å². The van der Waals surface area contributed by atoms with Crippen LogP contribution in [0.15, 0.2) is 0 Å². The molecule has 1 heterocycles. The maximum atomic E-state index is 5.43. The SMILES string of the molecule is CCC.COC1CCN(C)CC1(C)C. The van der Waals surface area contributed by atoms with E-state index in [2.05, 4.69) is 39.6 Å². The van der Waals surface area contributed by atoms with Crippen molar-refractivity contribution >= 4 is 0 Å². The van der Waals surface area contributed by atoms with Crippen LogP contribution in [-0.4, -0.2) is 38.3 Å². The third-order valence-corrected chi connectivity index (χ3v) is 2.61. The number of rotatable bonds is 1. The van der Waals surface area contributed by atoms with Crippen molar-refractivity contribution in [2.75, 3.05) is 27.2 Å². The fourth-order valence-electron chi connectivity index (χ4n) is 2.04. The van der Waals surface area contributed by atoms with Gasteiger partial charge in [0, 0.05) is 25.6 Å². The van der Waals surface area contributed by atoms with Gasteiger partial charge in [-0.25, -0.2) is 0 Å². The number of hydrogen-bond donors (Lipinski definition) is 0. The van der Waals surface area contributed by atoms with Crippen LogP contribution in [-0.2, 0) is 4.74 Å². The van der Waals surface area contributed by atoms with Gasteiger partial charge < -0.3 is 9.64 Å². The fourth-order valence-corrected chi connectivity index (χ4v) is 2.04. The Morgan fingerprint density at radius 3 is 2.21 bits per heavy atom. The van der Waals surface area contributed by atoms with E-state index in [1.807, 2.05) is 7.11 Å². The molecule has 14 heavy (non-hydrogen) atoms. The number of hydrogen-bond acceptors (Lipinski definition) is 2. The van der Waals surface area contributed by atoms with Crippen molar-refractivity contribution < 1.29 is 4.74 Å². The second-order valence-electron chi connectivity index (χ2n) is 4.95. The summed E-state index contributed by atoms with van der Waals surface area (Å²) in [5.41, 5.74) is 0.321. The van der Waals surface area contributed by atoms with E-state index < -0.39 is 0 Å². The van der Waals surface area contributed by atoms with Gasteiger partial charge in [0.15, 0.2) is 0 Å². The van der Waals surface area contributed by atoms with Crippen molar-refractivity contribution in [3.63, 3.8) is 0 Å². The number of ether oxygens (including phenoxy) is 1. The Kier molecular flexibility index (Phi) is 6.38. The molecule has 86 valence electrons. The second kappa shape index (κ2) is 6.41. The van der Waals surface area contributed by atoms with Crippen LogP contribution < -0.4 is 0 Å². The molecule has 2 nitrogen and oxygen atoms in total. The third-order valence-electron chi connectivity index (χ3n) is 2.61. The number of likely N-dealkylation sites (tertiary alicyclic amines) is 1. The highest BCUT2D eigenvalue weighted by Gasteiger charge is 2.34. The third kappa shape index (κ3) is 4.43. The lowest BCUT2D eigenvalue weighted by atomic mass is 9.81. The van der Waals surface area contributed by atoms with Crippen LogP contribution in [0.4, 0.5) is 0 Å². The van der Waals surface area contributed by atoms with Gasteiger partial charge in [0.2, 0.25) is 0 Å². The number of methoxy groups -OCH3 is 1. The minimum atomic E-state index is 0.321. The highest BCUT2D eigenvalue weighted by atomic mass is 16.5. The molecule has 0 aromatic carbocycles. The summed E-state index contributed by atoms with van der Waals surface area (Å²) in [5.74, 6) is 0. The summed E-state index contributed by atoms with van der Waals surface area (Å²) < 4.78 is 5.43. The minimum Gasteiger partial charge on any atom is -0.381 e. The van der Waals surface area contributed by atoms with Gasteiger partial charge in [0.25, 0.3) is 0 Å². The van der Waals surface area contributed by atoms with Crippen LogP contribution in [0.2, 0.25) is 0 Å². The number of piperidine rings is 1. The van der Waals surface area contributed by atoms with Gasteiger partial charge in [0.1, 0.15) is 0 Å². The highest BCUT2D eigenvalue weighted by molar-refractivity contribution is 4.86.